The Morgan fingerprint density at radius 3 is 2.41 bits per heavy atom. The summed E-state index contributed by atoms with van der Waals surface area (Å²) >= 11 is 0. The van der Waals surface area contributed by atoms with Gasteiger partial charge in [-0.3, -0.25) is 14.9 Å². The number of rotatable bonds is 5. The number of nitrogens with zero attached hydrogens (tertiary/aromatic N) is 2. The van der Waals surface area contributed by atoms with Gasteiger partial charge in [-0.15, -0.1) is 0 Å². The zero-order valence-corrected chi connectivity index (χ0v) is 19.2. The molecule has 1 aromatic heterocycles. The molecule has 9 heteroatoms. The number of anilines is 1. The molecule has 0 atom stereocenters. The van der Waals surface area contributed by atoms with E-state index in [1.807, 2.05) is 18.2 Å². The number of hydrogen-bond acceptors (Lipinski definition) is 5. The fraction of sp³-hybridized carbons (Fsp3) is 0.200. The van der Waals surface area contributed by atoms with Crippen molar-refractivity contribution in [1.82, 2.24) is 9.21 Å². The Morgan fingerprint density at radius 2 is 1.71 bits per heavy atom. The summed E-state index contributed by atoms with van der Waals surface area (Å²) in [4.78, 5) is 26.3. The van der Waals surface area contributed by atoms with Crippen molar-refractivity contribution in [3.63, 3.8) is 0 Å². The van der Waals surface area contributed by atoms with E-state index in [9.17, 15) is 18.0 Å². The van der Waals surface area contributed by atoms with E-state index in [1.54, 1.807) is 23.1 Å². The zero-order chi connectivity index (χ0) is 23.9. The monoisotopic (exact) mass is 477 g/mol. The molecule has 2 aromatic carbocycles. The summed E-state index contributed by atoms with van der Waals surface area (Å²) in [6, 6.07) is 15.8. The van der Waals surface area contributed by atoms with Crippen molar-refractivity contribution in [3.05, 3.63) is 95.3 Å². The first-order valence-electron chi connectivity index (χ1n) is 10.9. The van der Waals surface area contributed by atoms with Gasteiger partial charge in [-0.2, -0.15) is 4.31 Å². The first kappa shape index (κ1) is 22.1. The molecule has 2 amide bonds. The number of furan rings is 1. The van der Waals surface area contributed by atoms with Gasteiger partial charge in [0.25, 0.3) is 5.91 Å². The van der Waals surface area contributed by atoms with Crippen LogP contribution in [0.25, 0.3) is 0 Å². The summed E-state index contributed by atoms with van der Waals surface area (Å²) in [6.45, 7) is 4.76. The second-order valence-corrected chi connectivity index (χ2v) is 10.2. The first-order chi connectivity index (χ1) is 16.3. The normalized spacial score (nSPS) is 15.5. The molecule has 8 nitrogen and oxygen atoms in total. The minimum atomic E-state index is -3.78. The summed E-state index contributed by atoms with van der Waals surface area (Å²) < 4.78 is 33.1. The Labute approximate surface area is 197 Å². The number of carbonyl (C=O) groups excluding carboxylic acids is 2. The number of fused-ring (bicyclic) bond motifs is 2. The number of carbonyl (C=O) groups is 2. The van der Waals surface area contributed by atoms with E-state index >= 15 is 0 Å². The number of nitrogens with one attached hydrogen (secondary N) is 1. The largest absolute Gasteiger partial charge is 0.444 e. The second kappa shape index (κ2) is 8.58. The van der Waals surface area contributed by atoms with Crippen LogP contribution >= 0.6 is 0 Å². The highest BCUT2D eigenvalue weighted by molar-refractivity contribution is 7.89. The molecule has 0 spiro atoms. The Bertz CT molecular complexity index is 1370. The van der Waals surface area contributed by atoms with Crippen molar-refractivity contribution in [2.45, 2.75) is 31.0 Å². The Hall–Kier alpha value is -3.69. The highest BCUT2D eigenvalue weighted by Gasteiger charge is 2.34. The third-order valence-electron chi connectivity index (χ3n) is 6.15. The van der Waals surface area contributed by atoms with Crippen LogP contribution in [0.4, 0.5) is 5.88 Å². The van der Waals surface area contributed by atoms with E-state index in [0.717, 1.165) is 18.1 Å². The highest BCUT2D eigenvalue weighted by atomic mass is 32.2. The average Bonchev–Trinajstić information content (AvgIpc) is 3.42. The standard InChI is InChI=1S/C25H23N3O5S/c1-2-23(29)26-24-13-20-15-28(16-22(20)33-24)34(31,32)21-9-7-18(8-10-21)25(30)27-12-11-17-5-3-4-6-19(17)14-27/h2-10,13H,1,11-12,14-16H2,(H,26,29). The lowest BCUT2D eigenvalue weighted by molar-refractivity contribution is -0.112. The van der Waals surface area contributed by atoms with E-state index in [4.69, 9.17) is 4.42 Å². The van der Waals surface area contributed by atoms with Crippen LogP contribution in [0.1, 0.15) is 32.8 Å². The summed E-state index contributed by atoms with van der Waals surface area (Å²) in [5.74, 6) is 0.225. The van der Waals surface area contributed by atoms with Crippen LogP contribution in [0.3, 0.4) is 0 Å². The van der Waals surface area contributed by atoms with Gasteiger partial charge in [0.1, 0.15) is 5.76 Å². The number of benzene rings is 2. The van der Waals surface area contributed by atoms with Crippen LogP contribution in [0.15, 0.2) is 76.6 Å². The SMILES string of the molecule is C=CC(=O)Nc1cc2c(o1)CN(S(=O)(=O)c1ccc(C(=O)N3CCc4ccccc4C3)cc1)C2. The Kier molecular flexibility index (Phi) is 5.59. The van der Waals surface area contributed by atoms with Gasteiger partial charge in [0.05, 0.1) is 11.4 Å². The fourth-order valence-electron chi connectivity index (χ4n) is 4.31. The highest BCUT2D eigenvalue weighted by Crippen LogP contribution is 2.33. The summed E-state index contributed by atoms with van der Waals surface area (Å²) in [5.41, 5.74) is 3.54. The maximum atomic E-state index is 13.1. The topological polar surface area (TPSA) is 99.9 Å². The molecule has 0 saturated carbocycles. The molecule has 0 radical (unpaired) electrons. The third-order valence-corrected chi connectivity index (χ3v) is 7.96. The molecular weight excluding hydrogens is 454 g/mol. The van der Waals surface area contributed by atoms with E-state index in [0.29, 0.717) is 30.0 Å². The third kappa shape index (κ3) is 4.04. The maximum Gasteiger partial charge on any atom is 0.254 e. The summed E-state index contributed by atoms with van der Waals surface area (Å²) in [6.07, 6.45) is 1.93. The molecule has 3 heterocycles. The Balaban J connectivity index is 1.27. The van der Waals surface area contributed by atoms with Crippen LogP contribution in [0, 0.1) is 0 Å². The van der Waals surface area contributed by atoms with Gasteiger partial charge in [0.15, 0.2) is 5.88 Å². The van der Waals surface area contributed by atoms with Crippen molar-refractivity contribution in [3.8, 4) is 0 Å². The number of hydrogen-bond donors (Lipinski definition) is 1. The van der Waals surface area contributed by atoms with Crippen molar-refractivity contribution >= 4 is 27.7 Å². The Morgan fingerprint density at radius 1 is 0.971 bits per heavy atom. The van der Waals surface area contributed by atoms with Crippen molar-refractivity contribution in [2.75, 3.05) is 11.9 Å². The lowest BCUT2D eigenvalue weighted by atomic mass is 9.99. The maximum absolute atomic E-state index is 13.1. The van der Waals surface area contributed by atoms with Crippen LogP contribution < -0.4 is 5.32 Å². The van der Waals surface area contributed by atoms with Gasteiger partial charge in [-0.1, -0.05) is 30.8 Å². The molecule has 0 aliphatic carbocycles. The molecule has 0 unspecified atom stereocenters. The van der Waals surface area contributed by atoms with Crippen LogP contribution in [-0.4, -0.2) is 36.0 Å². The van der Waals surface area contributed by atoms with E-state index in [-0.39, 0.29) is 29.8 Å². The van der Waals surface area contributed by atoms with Gasteiger partial charge in [-0.25, -0.2) is 8.42 Å². The lowest BCUT2D eigenvalue weighted by Crippen LogP contribution is -2.36. The molecule has 5 rings (SSSR count). The smallest absolute Gasteiger partial charge is 0.254 e. The van der Waals surface area contributed by atoms with Crippen LogP contribution in [0.2, 0.25) is 0 Å². The van der Waals surface area contributed by atoms with E-state index in [2.05, 4.69) is 18.0 Å². The lowest BCUT2D eigenvalue weighted by Gasteiger charge is -2.29. The quantitative estimate of drug-likeness (QED) is 0.569. The molecule has 174 valence electrons. The van der Waals surface area contributed by atoms with E-state index in [1.165, 1.54) is 22.0 Å². The first-order valence-corrected chi connectivity index (χ1v) is 12.3. The van der Waals surface area contributed by atoms with Gasteiger partial charge >= 0.3 is 0 Å². The summed E-state index contributed by atoms with van der Waals surface area (Å²) in [7, 11) is -3.78. The van der Waals surface area contributed by atoms with Crippen molar-refractivity contribution < 1.29 is 22.4 Å². The number of sulfonamides is 1. The van der Waals surface area contributed by atoms with Crippen LogP contribution in [0.5, 0.6) is 0 Å². The molecule has 0 fully saturated rings. The van der Waals surface area contributed by atoms with Crippen molar-refractivity contribution in [1.29, 1.82) is 0 Å². The zero-order valence-electron chi connectivity index (χ0n) is 18.4. The predicted octanol–water partition coefficient (Wildman–Crippen LogP) is 3.31. The molecule has 34 heavy (non-hydrogen) atoms. The number of amides is 2. The molecule has 2 aliphatic heterocycles. The minimum absolute atomic E-state index is 0.0650. The molecule has 2 aliphatic rings. The second-order valence-electron chi connectivity index (χ2n) is 8.30. The van der Waals surface area contributed by atoms with Gasteiger partial charge < -0.3 is 9.32 Å². The van der Waals surface area contributed by atoms with E-state index < -0.39 is 15.9 Å². The van der Waals surface area contributed by atoms with Crippen LogP contribution in [-0.2, 0) is 40.9 Å². The van der Waals surface area contributed by atoms with Gasteiger partial charge in [0.2, 0.25) is 15.9 Å². The summed E-state index contributed by atoms with van der Waals surface area (Å²) in [5, 5.41) is 2.53. The molecule has 0 saturated heterocycles. The van der Waals surface area contributed by atoms with Gasteiger partial charge in [-0.05, 0) is 47.9 Å². The predicted molar refractivity (Wildman–Crippen MR) is 125 cm³/mol. The average molecular weight is 478 g/mol. The fourth-order valence-corrected chi connectivity index (χ4v) is 5.69. The molecule has 0 bridgehead atoms. The van der Waals surface area contributed by atoms with Crippen molar-refractivity contribution in [2.24, 2.45) is 0 Å². The molecule has 1 N–H and O–H groups in total. The molecule has 3 aromatic rings. The minimum Gasteiger partial charge on any atom is -0.444 e. The van der Waals surface area contributed by atoms with Gasteiger partial charge in [0, 0.05) is 36.8 Å². The molecular formula is C25H23N3O5S.